The molecule has 0 aliphatic heterocycles. The van der Waals surface area contributed by atoms with Crippen LogP contribution in [-0.2, 0) is 0 Å². The van der Waals surface area contributed by atoms with E-state index in [2.05, 4.69) is 45.3 Å². The summed E-state index contributed by atoms with van der Waals surface area (Å²) in [6.45, 7) is 4.93. The summed E-state index contributed by atoms with van der Waals surface area (Å²) in [7, 11) is 2.01. The van der Waals surface area contributed by atoms with Crippen molar-refractivity contribution in [2.24, 2.45) is 0 Å². The first-order chi connectivity index (χ1) is 8.70. The van der Waals surface area contributed by atoms with Crippen molar-refractivity contribution in [1.29, 1.82) is 0 Å². The second-order valence-corrected chi connectivity index (χ2v) is 4.17. The molecule has 0 spiro atoms. The van der Waals surface area contributed by atoms with Gasteiger partial charge in [-0.05, 0) is 37.6 Å². The highest BCUT2D eigenvalue weighted by Crippen LogP contribution is 2.22. The molecule has 0 unspecified atom stereocenters. The van der Waals surface area contributed by atoms with E-state index in [1.807, 2.05) is 26.1 Å². The van der Waals surface area contributed by atoms with Crippen LogP contribution >= 0.6 is 0 Å². The first-order valence-electron chi connectivity index (χ1n) is 6.08. The lowest BCUT2D eigenvalue weighted by Crippen LogP contribution is -2.13. The molecule has 0 bridgehead atoms. The molecular formula is C14H18N4. The van der Waals surface area contributed by atoms with Crippen LogP contribution in [0, 0.1) is 6.92 Å². The number of anilines is 3. The van der Waals surface area contributed by atoms with Crippen molar-refractivity contribution in [1.82, 2.24) is 9.97 Å². The zero-order chi connectivity index (χ0) is 13.0. The lowest BCUT2D eigenvalue weighted by atomic mass is 10.2. The van der Waals surface area contributed by atoms with E-state index in [1.54, 1.807) is 6.20 Å². The van der Waals surface area contributed by atoms with E-state index in [0.717, 1.165) is 18.1 Å². The molecule has 4 nitrogen and oxygen atoms in total. The van der Waals surface area contributed by atoms with E-state index in [9.17, 15) is 0 Å². The summed E-state index contributed by atoms with van der Waals surface area (Å²) < 4.78 is 0. The van der Waals surface area contributed by atoms with Crippen molar-refractivity contribution < 1.29 is 0 Å². The van der Waals surface area contributed by atoms with Crippen molar-refractivity contribution in [3.63, 3.8) is 0 Å². The van der Waals surface area contributed by atoms with Gasteiger partial charge >= 0.3 is 0 Å². The summed E-state index contributed by atoms with van der Waals surface area (Å²) in [5, 5.41) is 3.12. The van der Waals surface area contributed by atoms with Gasteiger partial charge < -0.3 is 10.2 Å². The second kappa shape index (κ2) is 5.49. The van der Waals surface area contributed by atoms with Gasteiger partial charge in [-0.15, -0.1) is 0 Å². The van der Waals surface area contributed by atoms with Gasteiger partial charge in [0.15, 0.2) is 0 Å². The van der Waals surface area contributed by atoms with E-state index < -0.39 is 0 Å². The highest BCUT2D eigenvalue weighted by Gasteiger charge is 2.06. The second-order valence-electron chi connectivity index (χ2n) is 4.17. The molecule has 2 aromatic rings. The third-order valence-corrected chi connectivity index (χ3v) is 2.71. The average molecular weight is 242 g/mol. The summed E-state index contributed by atoms with van der Waals surface area (Å²) in [5.74, 6) is 1.54. The third-order valence-electron chi connectivity index (χ3n) is 2.71. The molecule has 1 N–H and O–H groups in total. The molecule has 4 heteroatoms. The molecule has 1 heterocycles. The van der Waals surface area contributed by atoms with Gasteiger partial charge in [-0.2, -0.15) is 4.98 Å². The van der Waals surface area contributed by atoms with Crippen LogP contribution in [0.15, 0.2) is 36.5 Å². The molecule has 0 saturated heterocycles. The smallest absolute Gasteiger partial charge is 0.224 e. The molecule has 0 aliphatic rings. The van der Waals surface area contributed by atoms with Crippen molar-refractivity contribution in [3.05, 3.63) is 42.1 Å². The maximum Gasteiger partial charge on any atom is 0.224 e. The number of rotatable bonds is 4. The highest BCUT2D eigenvalue weighted by molar-refractivity contribution is 5.60. The van der Waals surface area contributed by atoms with Crippen molar-refractivity contribution in [3.8, 4) is 0 Å². The largest absolute Gasteiger partial charge is 0.354 e. The van der Waals surface area contributed by atoms with E-state index in [0.29, 0.717) is 5.95 Å². The van der Waals surface area contributed by atoms with Gasteiger partial charge in [0.2, 0.25) is 5.95 Å². The Balaban J connectivity index is 2.27. The van der Waals surface area contributed by atoms with E-state index >= 15 is 0 Å². The van der Waals surface area contributed by atoms with E-state index in [1.165, 1.54) is 5.56 Å². The topological polar surface area (TPSA) is 41.1 Å². The number of hydrogen-bond donors (Lipinski definition) is 1. The standard InChI is InChI=1S/C14H18N4/c1-4-15-14-16-9-8-13(17-14)18(3)12-7-5-6-11(2)10-12/h5-10H,4H2,1-3H3,(H,15,16,17). The van der Waals surface area contributed by atoms with Crippen LogP contribution in [0.2, 0.25) is 0 Å². The maximum absolute atomic E-state index is 4.47. The Morgan fingerprint density at radius 3 is 2.83 bits per heavy atom. The predicted molar refractivity (Wildman–Crippen MR) is 75.4 cm³/mol. The van der Waals surface area contributed by atoms with Crippen LogP contribution in [0.1, 0.15) is 12.5 Å². The van der Waals surface area contributed by atoms with Gasteiger partial charge in [0, 0.05) is 25.5 Å². The molecule has 1 aromatic carbocycles. The molecule has 1 aromatic heterocycles. The van der Waals surface area contributed by atoms with Gasteiger partial charge in [0.25, 0.3) is 0 Å². The Hall–Kier alpha value is -2.10. The van der Waals surface area contributed by atoms with Crippen LogP contribution in [0.3, 0.4) is 0 Å². The fourth-order valence-electron chi connectivity index (χ4n) is 1.75. The maximum atomic E-state index is 4.47. The van der Waals surface area contributed by atoms with Gasteiger partial charge in [0.05, 0.1) is 0 Å². The molecule has 0 fully saturated rings. The van der Waals surface area contributed by atoms with Crippen molar-refractivity contribution >= 4 is 17.5 Å². The molecule has 0 amide bonds. The SMILES string of the molecule is CCNc1nccc(N(C)c2cccc(C)c2)n1. The monoisotopic (exact) mass is 242 g/mol. The summed E-state index contributed by atoms with van der Waals surface area (Å²) in [4.78, 5) is 10.7. The van der Waals surface area contributed by atoms with Gasteiger partial charge in [-0.25, -0.2) is 4.98 Å². The van der Waals surface area contributed by atoms with Crippen LogP contribution in [0.25, 0.3) is 0 Å². The van der Waals surface area contributed by atoms with Crippen molar-refractivity contribution in [2.45, 2.75) is 13.8 Å². The quantitative estimate of drug-likeness (QED) is 0.895. The Kier molecular flexibility index (Phi) is 3.77. The minimum atomic E-state index is 0.662. The molecule has 0 aliphatic carbocycles. The van der Waals surface area contributed by atoms with Crippen molar-refractivity contribution in [2.75, 3.05) is 23.8 Å². The lowest BCUT2D eigenvalue weighted by molar-refractivity contribution is 1.05. The average Bonchev–Trinajstić information content (AvgIpc) is 2.39. The molecule has 18 heavy (non-hydrogen) atoms. The first kappa shape index (κ1) is 12.4. The van der Waals surface area contributed by atoms with Gasteiger partial charge in [-0.3, -0.25) is 0 Å². The van der Waals surface area contributed by atoms with Crippen LogP contribution in [0.4, 0.5) is 17.5 Å². The summed E-state index contributed by atoms with van der Waals surface area (Å²) in [5.41, 5.74) is 2.36. The molecule has 2 rings (SSSR count). The Bertz CT molecular complexity index is 525. The fraction of sp³-hybridized carbons (Fsp3) is 0.286. The molecule has 0 saturated carbocycles. The van der Waals surface area contributed by atoms with Crippen LogP contribution < -0.4 is 10.2 Å². The molecule has 0 radical (unpaired) electrons. The molecule has 94 valence electrons. The number of aryl methyl sites for hydroxylation is 1. The summed E-state index contributed by atoms with van der Waals surface area (Å²) in [6, 6.07) is 10.2. The lowest BCUT2D eigenvalue weighted by Gasteiger charge is -2.19. The predicted octanol–water partition coefficient (Wildman–Crippen LogP) is 2.98. The number of hydrogen-bond acceptors (Lipinski definition) is 4. The summed E-state index contributed by atoms with van der Waals surface area (Å²) in [6.07, 6.45) is 1.77. The minimum Gasteiger partial charge on any atom is -0.354 e. The number of benzene rings is 1. The Labute approximate surface area is 108 Å². The molecular weight excluding hydrogens is 224 g/mol. The zero-order valence-corrected chi connectivity index (χ0v) is 11.0. The third kappa shape index (κ3) is 2.77. The van der Waals surface area contributed by atoms with E-state index in [-0.39, 0.29) is 0 Å². The van der Waals surface area contributed by atoms with Crippen LogP contribution in [-0.4, -0.2) is 23.6 Å². The summed E-state index contributed by atoms with van der Waals surface area (Å²) >= 11 is 0. The highest BCUT2D eigenvalue weighted by atomic mass is 15.2. The van der Waals surface area contributed by atoms with Gasteiger partial charge in [-0.1, -0.05) is 12.1 Å². The normalized spacial score (nSPS) is 10.2. The molecule has 0 atom stereocenters. The number of nitrogens with zero attached hydrogens (tertiary/aromatic N) is 3. The fourth-order valence-corrected chi connectivity index (χ4v) is 1.75. The zero-order valence-electron chi connectivity index (χ0n) is 11.0. The van der Waals surface area contributed by atoms with Gasteiger partial charge in [0.1, 0.15) is 5.82 Å². The van der Waals surface area contributed by atoms with E-state index in [4.69, 9.17) is 0 Å². The first-order valence-corrected chi connectivity index (χ1v) is 6.08. The van der Waals surface area contributed by atoms with Crippen LogP contribution in [0.5, 0.6) is 0 Å². The number of nitrogens with one attached hydrogen (secondary N) is 1. The Morgan fingerprint density at radius 1 is 1.28 bits per heavy atom. The number of aromatic nitrogens is 2. The Morgan fingerprint density at radius 2 is 2.11 bits per heavy atom. The minimum absolute atomic E-state index is 0.662.